The van der Waals surface area contributed by atoms with Crippen LogP contribution in [-0.4, -0.2) is 43.1 Å². The number of hydrogen-bond acceptors (Lipinski definition) is 6. The van der Waals surface area contributed by atoms with Gasteiger partial charge >= 0.3 is 0 Å². The molecule has 4 rings (SSSR count). The molecule has 2 aromatic carbocycles. The standard InChI is InChI=1S/C18H17NO5S2/c20-25(21)16-3-1-2-4-17(16)26(22,23)18(25)13-14-5-7-15(8-6-14)19-9-11-24-12-10-19/h1-8,13H,9-12H2. The molecule has 0 aromatic heterocycles. The zero-order valence-corrected chi connectivity index (χ0v) is 15.5. The van der Waals surface area contributed by atoms with Crippen LogP contribution in [0, 0.1) is 0 Å². The third kappa shape index (κ3) is 2.74. The van der Waals surface area contributed by atoms with Crippen molar-refractivity contribution in [2.75, 3.05) is 31.2 Å². The van der Waals surface area contributed by atoms with Crippen LogP contribution in [0.3, 0.4) is 0 Å². The number of fused-ring (bicyclic) bond motifs is 1. The third-order valence-electron chi connectivity index (χ3n) is 4.51. The van der Waals surface area contributed by atoms with Crippen molar-refractivity contribution in [1.82, 2.24) is 0 Å². The van der Waals surface area contributed by atoms with Crippen LogP contribution in [0.25, 0.3) is 6.08 Å². The summed E-state index contributed by atoms with van der Waals surface area (Å²) in [5.74, 6) is 0. The van der Waals surface area contributed by atoms with Crippen LogP contribution < -0.4 is 4.90 Å². The largest absolute Gasteiger partial charge is 0.378 e. The summed E-state index contributed by atoms with van der Waals surface area (Å²) in [5, 5.41) is 0. The van der Waals surface area contributed by atoms with E-state index in [1.54, 1.807) is 12.1 Å². The van der Waals surface area contributed by atoms with E-state index in [9.17, 15) is 16.8 Å². The molecule has 2 heterocycles. The Balaban J connectivity index is 1.73. The second-order valence-electron chi connectivity index (χ2n) is 6.11. The number of hydrogen-bond donors (Lipinski definition) is 0. The Morgan fingerprint density at radius 1 is 0.808 bits per heavy atom. The first-order valence-electron chi connectivity index (χ1n) is 8.14. The molecule has 6 nitrogen and oxygen atoms in total. The maximum Gasteiger partial charge on any atom is 0.219 e. The molecule has 8 heteroatoms. The van der Waals surface area contributed by atoms with Gasteiger partial charge < -0.3 is 9.64 Å². The van der Waals surface area contributed by atoms with E-state index in [1.807, 2.05) is 12.1 Å². The molecule has 0 saturated carbocycles. The first kappa shape index (κ1) is 17.3. The summed E-state index contributed by atoms with van der Waals surface area (Å²) >= 11 is 0. The van der Waals surface area contributed by atoms with Gasteiger partial charge in [0, 0.05) is 18.8 Å². The van der Waals surface area contributed by atoms with E-state index in [1.165, 1.54) is 30.3 Å². The Morgan fingerprint density at radius 3 is 1.88 bits per heavy atom. The van der Waals surface area contributed by atoms with Gasteiger partial charge in [0.05, 0.1) is 23.0 Å². The van der Waals surface area contributed by atoms with Gasteiger partial charge in [-0.05, 0) is 35.9 Å². The van der Waals surface area contributed by atoms with Crippen molar-refractivity contribution in [1.29, 1.82) is 0 Å². The number of morpholine rings is 1. The predicted octanol–water partition coefficient (Wildman–Crippen LogP) is 2.08. The van der Waals surface area contributed by atoms with E-state index >= 15 is 0 Å². The second kappa shape index (κ2) is 6.22. The molecule has 0 radical (unpaired) electrons. The van der Waals surface area contributed by atoms with Crippen LogP contribution in [0.5, 0.6) is 0 Å². The molecule has 0 spiro atoms. The number of rotatable bonds is 2. The monoisotopic (exact) mass is 391 g/mol. The van der Waals surface area contributed by atoms with E-state index in [0.717, 1.165) is 18.8 Å². The van der Waals surface area contributed by atoms with Crippen LogP contribution in [0.15, 0.2) is 62.6 Å². The van der Waals surface area contributed by atoms with Gasteiger partial charge in [0.15, 0.2) is 4.24 Å². The van der Waals surface area contributed by atoms with Gasteiger partial charge in [0.25, 0.3) is 0 Å². The molecular formula is C18H17NO5S2. The maximum atomic E-state index is 12.6. The summed E-state index contributed by atoms with van der Waals surface area (Å²) in [4.78, 5) is 1.85. The lowest BCUT2D eigenvalue weighted by molar-refractivity contribution is 0.122. The van der Waals surface area contributed by atoms with Crippen molar-refractivity contribution in [3.63, 3.8) is 0 Å². The first-order chi connectivity index (χ1) is 12.4. The van der Waals surface area contributed by atoms with Gasteiger partial charge in [-0.2, -0.15) is 0 Å². The summed E-state index contributed by atoms with van der Waals surface area (Å²) in [5.41, 5.74) is 1.52. The Hall–Kier alpha value is -2.16. The molecule has 2 aromatic rings. The molecule has 1 saturated heterocycles. The summed E-state index contributed by atoms with van der Waals surface area (Å²) in [6, 6.07) is 12.9. The lowest BCUT2D eigenvalue weighted by atomic mass is 10.2. The highest BCUT2D eigenvalue weighted by atomic mass is 32.3. The lowest BCUT2D eigenvalue weighted by Crippen LogP contribution is -2.36. The van der Waals surface area contributed by atoms with Crippen molar-refractivity contribution < 1.29 is 21.6 Å². The fraction of sp³-hybridized carbons (Fsp3) is 0.222. The zero-order valence-electron chi connectivity index (χ0n) is 13.8. The van der Waals surface area contributed by atoms with E-state index in [2.05, 4.69) is 4.90 Å². The SMILES string of the molecule is O=S1(=O)C(=Cc2ccc(N3CCOCC3)cc2)S(=O)(=O)c2ccccc21. The topological polar surface area (TPSA) is 80.8 Å². The van der Waals surface area contributed by atoms with E-state index in [-0.39, 0.29) is 9.79 Å². The van der Waals surface area contributed by atoms with Crippen molar-refractivity contribution in [2.24, 2.45) is 0 Å². The molecule has 0 N–H and O–H groups in total. The molecule has 26 heavy (non-hydrogen) atoms. The van der Waals surface area contributed by atoms with E-state index in [0.29, 0.717) is 18.8 Å². The Morgan fingerprint density at radius 2 is 1.35 bits per heavy atom. The normalized spacial score (nSPS) is 20.6. The second-order valence-corrected chi connectivity index (χ2v) is 10.1. The van der Waals surface area contributed by atoms with Gasteiger partial charge in [0.1, 0.15) is 0 Å². The molecule has 2 aliphatic rings. The van der Waals surface area contributed by atoms with Crippen molar-refractivity contribution in [3.8, 4) is 0 Å². The Labute approximate surface area is 152 Å². The minimum atomic E-state index is -4.04. The molecular weight excluding hydrogens is 374 g/mol. The van der Waals surface area contributed by atoms with Gasteiger partial charge in [-0.1, -0.05) is 24.3 Å². The first-order valence-corrected chi connectivity index (χ1v) is 11.1. The number of nitrogens with zero attached hydrogens (tertiary/aromatic N) is 1. The summed E-state index contributed by atoms with van der Waals surface area (Å²) < 4.78 is 55.4. The average Bonchev–Trinajstić information content (AvgIpc) is 2.81. The zero-order chi connectivity index (χ0) is 18.4. The van der Waals surface area contributed by atoms with Crippen molar-refractivity contribution in [2.45, 2.75) is 9.79 Å². The highest BCUT2D eigenvalue weighted by Crippen LogP contribution is 2.41. The van der Waals surface area contributed by atoms with Crippen LogP contribution >= 0.6 is 0 Å². The molecule has 0 amide bonds. The van der Waals surface area contributed by atoms with Crippen LogP contribution in [0.4, 0.5) is 5.69 Å². The Kier molecular flexibility index (Phi) is 4.13. The summed E-state index contributed by atoms with van der Waals surface area (Å²) in [6.45, 7) is 2.91. The average molecular weight is 391 g/mol. The van der Waals surface area contributed by atoms with Crippen LogP contribution in [0.2, 0.25) is 0 Å². The van der Waals surface area contributed by atoms with Crippen LogP contribution in [-0.2, 0) is 24.4 Å². The molecule has 2 aliphatic heterocycles. The molecule has 136 valence electrons. The van der Waals surface area contributed by atoms with Crippen LogP contribution in [0.1, 0.15) is 5.56 Å². The van der Waals surface area contributed by atoms with E-state index < -0.39 is 23.9 Å². The quantitative estimate of drug-likeness (QED) is 0.780. The van der Waals surface area contributed by atoms with E-state index in [4.69, 9.17) is 4.74 Å². The molecule has 0 aliphatic carbocycles. The third-order valence-corrected chi connectivity index (χ3v) is 9.12. The van der Waals surface area contributed by atoms with Gasteiger partial charge in [0.2, 0.25) is 19.7 Å². The maximum absolute atomic E-state index is 12.6. The van der Waals surface area contributed by atoms with Gasteiger partial charge in [-0.15, -0.1) is 0 Å². The summed E-state index contributed by atoms with van der Waals surface area (Å²) in [7, 11) is -8.07. The fourth-order valence-corrected chi connectivity index (χ4v) is 7.70. The van der Waals surface area contributed by atoms with Gasteiger partial charge in [-0.3, -0.25) is 0 Å². The molecule has 0 bridgehead atoms. The highest BCUT2D eigenvalue weighted by molar-refractivity contribution is 8.17. The number of benzene rings is 2. The predicted molar refractivity (Wildman–Crippen MR) is 98.3 cm³/mol. The molecule has 1 fully saturated rings. The van der Waals surface area contributed by atoms with Crippen molar-refractivity contribution >= 4 is 31.4 Å². The lowest BCUT2D eigenvalue weighted by Gasteiger charge is -2.28. The highest BCUT2D eigenvalue weighted by Gasteiger charge is 2.44. The molecule has 0 atom stereocenters. The minimum absolute atomic E-state index is 0.156. The number of sulfone groups is 2. The molecule has 0 unspecified atom stereocenters. The number of ether oxygens (including phenoxy) is 1. The fourth-order valence-electron chi connectivity index (χ4n) is 3.15. The van der Waals surface area contributed by atoms with Gasteiger partial charge in [-0.25, -0.2) is 16.8 Å². The summed E-state index contributed by atoms with van der Waals surface area (Å²) in [6.07, 6.45) is 1.23. The van der Waals surface area contributed by atoms with Crippen molar-refractivity contribution in [3.05, 3.63) is 58.3 Å². The smallest absolute Gasteiger partial charge is 0.219 e. The minimum Gasteiger partial charge on any atom is -0.378 e. The Bertz CT molecular complexity index is 1030. The number of anilines is 1.